The van der Waals surface area contributed by atoms with Gasteiger partial charge in [0.1, 0.15) is 22.7 Å². The Kier molecular flexibility index (Phi) is 8.81. The van der Waals surface area contributed by atoms with Crippen molar-refractivity contribution in [3.8, 4) is 0 Å². The Hall–Kier alpha value is -2.53. The minimum atomic E-state index is -3.81. The van der Waals surface area contributed by atoms with Gasteiger partial charge in [-0.15, -0.1) is 0 Å². The normalized spacial score (nSPS) is 15.6. The molecule has 1 saturated heterocycles. The molecule has 0 bridgehead atoms. The number of ether oxygens (including phenoxy) is 3. The number of sulfonamides is 1. The first-order chi connectivity index (χ1) is 15.6. The second-order valence-corrected chi connectivity index (χ2v) is 12.0. The average Bonchev–Trinajstić information content (AvgIpc) is 2.68. The fraction of sp³-hybridized carbons (Fsp3) is 0.652. The fourth-order valence-corrected chi connectivity index (χ4v) is 4.75. The van der Waals surface area contributed by atoms with Gasteiger partial charge in [-0.25, -0.2) is 18.0 Å². The quantitative estimate of drug-likeness (QED) is 0.466. The Morgan fingerprint density at radius 2 is 1.56 bits per heavy atom. The maximum atomic E-state index is 13.4. The van der Waals surface area contributed by atoms with Crippen LogP contribution in [0.5, 0.6) is 0 Å². The minimum absolute atomic E-state index is 0.0108. The molecule has 1 aromatic rings. The summed E-state index contributed by atoms with van der Waals surface area (Å²) in [5.74, 6) is 0. The predicted molar refractivity (Wildman–Crippen MR) is 128 cm³/mol. The first-order valence-corrected chi connectivity index (χ1v) is 12.7. The summed E-state index contributed by atoms with van der Waals surface area (Å²) in [5, 5.41) is 3.05. The summed E-state index contributed by atoms with van der Waals surface area (Å²) in [7, 11) is -3.81. The second kappa shape index (κ2) is 10.8. The van der Waals surface area contributed by atoms with E-state index in [-0.39, 0.29) is 44.2 Å². The number of hydrogen-bond donors (Lipinski definition) is 1. The van der Waals surface area contributed by atoms with Crippen molar-refractivity contribution in [2.45, 2.75) is 64.6 Å². The largest absolute Gasteiger partial charge is 0.508 e. The van der Waals surface area contributed by atoms with Gasteiger partial charge in [-0.2, -0.15) is 4.31 Å². The summed E-state index contributed by atoms with van der Waals surface area (Å²) in [6.45, 7) is 13.5. The molecule has 0 saturated carbocycles. The number of rotatable bonds is 6. The van der Waals surface area contributed by atoms with E-state index in [0.29, 0.717) is 5.69 Å². The molecule has 1 aromatic carbocycles. The van der Waals surface area contributed by atoms with Crippen LogP contribution in [-0.4, -0.2) is 80.4 Å². The van der Waals surface area contributed by atoms with E-state index >= 15 is 0 Å². The minimum Gasteiger partial charge on any atom is -0.444 e. The van der Waals surface area contributed by atoms with Gasteiger partial charge in [0.2, 0.25) is 10.0 Å². The van der Waals surface area contributed by atoms with E-state index in [9.17, 15) is 18.0 Å². The molecule has 10 nitrogen and oxygen atoms in total. The number of aryl methyl sites for hydroxylation is 1. The summed E-state index contributed by atoms with van der Waals surface area (Å²) in [6.07, 6.45) is -1.23. The lowest BCUT2D eigenvalue weighted by molar-refractivity contribution is -0.00550. The molecule has 0 unspecified atom stereocenters. The Morgan fingerprint density at radius 1 is 0.971 bits per heavy atom. The van der Waals surface area contributed by atoms with Gasteiger partial charge in [0, 0.05) is 32.7 Å². The first-order valence-electron chi connectivity index (χ1n) is 11.3. The van der Waals surface area contributed by atoms with Crippen molar-refractivity contribution >= 4 is 28.0 Å². The van der Waals surface area contributed by atoms with Gasteiger partial charge in [0.05, 0.1) is 5.69 Å². The maximum absolute atomic E-state index is 13.4. The van der Waals surface area contributed by atoms with Gasteiger partial charge < -0.3 is 24.4 Å². The molecule has 0 spiro atoms. The summed E-state index contributed by atoms with van der Waals surface area (Å²) in [5.41, 5.74) is 0.0257. The molecule has 1 aliphatic rings. The molecule has 0 radical (unpaired) electrons. The highest BCUT2D eigenvalue weighted by Crippen LogP contribution is 2.27. The van der Waals surface area contributed by atoms with Gasteiger partial charge in [-0.1, -0.05) is 6.07 Å². The van der Waals surface area contributed by atoms with Crippen LogP contribution < -0.4 is 5.32 Å². The Bertz CT molecular complexity index is 973. The fourth-order valence-electron chi connectivity index (χ4n) is 3.18. The zero-order valence-corrected chi connectivity index (χ0v) is 22.0. The number of carbonyl (C=O) groups is 2. The number of amides is 1. The third-order valence-corrected chi connectivity index (χ3v) is 6.63. The Balaban J connectivity index is 2.02. The van der Waals surface area contributed by atoms with Crippen LogP contribution in [0.15, 0.2) is 23.1 Å². The van der Waals surface area contributed by atoms with Crippen LogP contribution in [0.1, 0.15) is 47.1 Å². The summed E-state index contributed by atoms with van der Waals surface area (Å²) < 4.78 is 43.6. The Labute approximate surface area is 202 Å². The lowest BCUT2D eigenvalue weighted by Crippen LogP contribution is -2.51. The molecule has 1 heterocycles. The van der Waals surface area contributed by atoms with E-state index in [4.69, 9.17) is 14.2 Å². The summed E-state index contributed by atoms with van der Waals surface area (Å²) in [6, 6.07) is 5.02. The van der Waals surface area contributed by atoms with Crippen LogP contribution in [0.4, 0.5) is 15.3 Å². The molecular weight excluding hydrogens is 462 g/mol. The number of carbonyl (C=O) groups excluding carboxylic acids is 2. The van der Waals surface area contributed by atoms with Crippen LogP contribution in [-0.2, 0) is 24.2 Å². The third kappa shape index (κ3) is 8.35. The number of anilines is 1. The van der Waals surface area contributed by atoms with Gasteiger partial charge >= 0.3 is 12.2 Å². The van der Waals surface area contributed by atoms with Crippen molar-refractivity contribution in [2.24, 2.45) is 0 Å². The number of hydrogen-bond acceptors (Lipinski definition) is 8. The van der Waals surface area contributed by atoms with Crippen LogP contribution in [0.3, 0.4) is 0 Å². The monoisotopic (exact) mass is 499 g/mol. The smallest absolute Gasteiger partial charge is 0.444 e. The molecule has 1 aliphatic heterocycles. The third-order valence-electron chi connectivity index (χ3n) is 4.67. The van der Waals surface area contributed by atoms with Crippen LogP contribution in [0.2, 0.25) is 0 Å². The van der Waals surface area contributed by atoms with Gasteiger partial charge in [-0.3, -0.25) is 0 Å². The molecule has 11 heteroatoms. The SMILES string of the molecule is Cc1ccc(S(=O)(=O)N2CCN(C(=O)OC(C)(C)C)CC2)c(NCCOC(=O)OC(C)(C)C)c1. The lowest BCUT2D eigenvalue weighted by atomic mass is 10.2. The van der Waals surface area contributed by atoms with Crippen molar-refractivity contribution in [3.63, 3.8) is 0 Å². The molecule has 1 fully saturated rings. The van der Waals surface area contributed by atoms with E-state index in [0.717, 1.165) is 5.56 Å². The average molecular weight is 500 g/mol. The zero-order valence-electron chi connectivity index (χ0n) is 21.1. The van der Waals surface area contributed by atoms with Crippen LogP contribution >= 0.6 is 0 Å². The van der Waals surface area contributed by atoms with Crippen molar-refractivity contribution in [1.29, 1.82) is 0 Å². The van der Waals surface area contributed by atoms with Crippen LogP contribution in [0.25, 0.3) is 0 Å². The molecule has 1 N–H and O–H groups in total. The van der Waals surface area contributed by atoms with Crippen molar-refractivity contribution in [2.75, 3.05) is 44.6 Å². The molecule has 0 aliphatic carbocycles. The first kappa shape index (κ1) is 27.7. The number of piperazine rings is 1. The zero-order chi connectivity index (χ0) is 25.7. The maximum Gasteiger partial charge on any atom is 0.508 e. The standard InChI is InChI=1S/C23H37N3O7S/c1-17-8-9-19(18(16-17)24-10-15-31-21(28)33-23(5,6)7)34(29,30)26-13-11-25(12-14-26)20(27)32-22(2,3)4/h8-9,16,24H,10-15H2,1-7H3. The van der Waals surface area contributed by atoms with Gasteiger partial charge in [0.15, 0.2) is 0 Å². The van der Waals surface area contributed by atoms with E-state index in [1.807, 2.05) is 6.92 Å². The number of benzene rings is 1. The highest BCUT2D eigenvalue weighted by atomic mass is 32.2. The molecule has 2 rings (SSSR count). The van der Waals surface area contributed by atoms with Crippen LogP contribution in [0, 0.1) is 6.92 Å². The number of nitrogens with one attached hydrogen (secondary N) is 1. The predicted octanol–water partition coefficient (Wildman–Crippen LogP) is 3.60. The molecule has 0 aromatic heterocycles. The van der Waals surface area contributed by atoms with E-state index in [2.05, 4.69) is 5.32 Å². The van der Waals surface area contributed by atoms with Crippen molar-refractivity contribution in [1.82, 2.24) is 9.21 Å². The Morgan fingerprint density at radius 3 is 2.12 bits per heavy atom. The molecule has 0 atom stereocenters. The molecule has 34 heavy (non-hydrogen) atoms. The molecule has 192 valence electrons. The molecular formula is C23H37N3O7S. The van der Waals surface area contributed by atoms with Crippen molar-refractivity contribution < 1.29 is 32.2 Å². The lowest BCUT2D eigenvalue weighted by Gasteiger charge is -2.35. The van der Waals surface area contributed by atoms with E-state index in [1.54, 1.807) is 59.7 Å². The number of nitrogens with zero attached hydrogens (tertiary/aromatic N) is 2. The summed E-state index contributed by atoms with van der Waals surface area (Å²) >= 11 is 0. The highest BCUT2D eigenvalue weighted by molar-refractivity contribution is 7.89. The second-order valence-electron chi connectivity index (χ2n) is 10.1. The van der Waals surface area contributed by atoms with Gasteiger partial charge in [0.25, 0.3) is 0 Å². The van der Waals surface area contributed by atoms with Gasteiger partial charge in [-0.05, 0) is 66.2 Å². The van der Waals surface area contributed by atoms with E-state index in [1.165, 1.54) is 9.21 Å². The van der Waals surface area contributed by atoms with Crippen molar-refractivity contribution in [3.05, 3.63) is 23.8 Å². The topological polar surface area (TPSA) is 114 Å². The summed E-state index contributed by atoms with van der Waals surface area (Å²) in [4.78, 5) is 25.6. The molecule has 1 amide bonds. The highest BCUT2D eigenvalue weighted by Gasteiger charge is 2.33. The van der Waals surface area contributed by atoms with E-state index < -0.39 is 33.5 Å².